The molecule has 0 aliphatic rings. The van der Waals surface area contributed by atoms with Gasteiger partial charge in [-0.2, -0.15) is 0 Å². The van der Waals surface area contributed by atoms with Crippen molar-refractivity contribution in [2.75, 3.05) is 13.2 Å². The van der Waals surface area contributed by atoms with Crippen LogP contribution in [-0.4, -0.2) is 25.2 Å². The molecule has 0 aliphatic carbocycles. The van der Waals surface area contributed by atoms with E-state index >= 15 is 0 Å². The molecule has 0 aromatic carbocycles. The summed E-state index contributed by atoms with van der Waals surface area (Å²) in [6.45, 7) is 9.25. The van der Waals surface area contributed by atoms with Gasteiger partial charge in [0.25, 0.3) is 0 Å². The molecule has 0 N–H and O–H groups in total. The Balaban J connectivity index is 3.76. The van der Waals surface area contributed by atoms with Crippen molar-refractivity contribution in [1.29, 1.82) is 0 Å². The van der Waals surface area contributed by atoms with Crippen molar-refractivity contribution in [1.82, 2.24) is 0 Å². The molecule has 0 heterocycles. The van der Waals surface area contributed by atoms with Crippen molar-refractivity contribution in [2.45, 2.75) is 72.6 Å². The smallest absolute Gasteiger partial charge is 0.306 e. The summed E-state index contributed by atoms with van der Waals surface area (Å²) in [6.07, 6.45) is 5.64. The molecule has 0 rings (SSSR count). The topological polar surface area (TPSA) is 52.6 Å². The highest BCUT2D eigenvalue weighted by atomic mass is 16.5. The summed E-state index contributed by atoms with van der Waals surface area (Å²) < 4.78 is 10.3. The summed E-state index contributed by atoms with van der Waals surface area (Å²) in [5.74, 6) is 0.187. The maximum Gasteiger partial charge on any atom is 0.306 e. The third-order valence-electron chi connectivity index (χ3n) is 3.78. The minimum absolute atomic E-state index is 0.112. The lowest BCUT2D eigenvalue weighted by Crippen LogP contribution is -2.16. The van der Waals surface area contributed by atoms with Gasteiger partial charge >= 0.3 is 11.9 Å². The van der Waals surface area contributed by atoms with Gasteiger partial charge in [-0.05, 0) is 18.3 Å². The van der Waals surface area contributed by atoms with Crippen LogP contribution in [0.2, 0.25) is 0 Å². The van der Waals surface area contributed by atoms with Gasteiger partial charge in [0.2, 0.25) is 0 Å². The Bertz CT molecular complexity index is 289. The predicted molar refractivity (Wildman–Crippen MR) is 83.9 cm³/mol. The third-order valence-corrected chi connectivity index (χ3v) is 3.78. The largest absolute Gasteiger partial charge is 0.465 e. The van der Waals surface area contributed by atoms with Crippen molar-refractivity contribution >= 4 is 11.9 Å². The standard InChI is InChI=1S/C17H32O4/c1-5-8-9-15(7-3)13-21-17(19)11-10-16(18)20-12-14(4)6-2/h14-15H,5-13H2,1-4H3. The van der Waals surface area contributed by atoms with Gasteiger partial charge in [0.1, 0.15) is 0 Å². The van der Waals surface area contributed by atoms with E-state index in [2.05, 4.69) is 20.8 Å². The zero-order valence-electron chi connectivity index (χ0n) is 14.2. The number of carbonyl (C=O) groups is 2. The Morgan fingerprint density at radius 3 is 1.95 bits per heavy atom. The molecule has 0 bridgehead atoms. The summed E-state index contributed by atoms with van der Waals surface area (Å²) >= 11 is 0. The highest BCUT2D eigenvalue weighted by molar-refractivity contribution is 5.77. The lowest BCUT2D eigenvalue weighted by molar-refractivity contribution is -0.151. The Labute approximate surface area is 129 Å². The van der Waals surface area contributed by atoms with E-state index in [1.165, 1.54) is 0 Å². The highest BCUT2D eigenvalue weighted by Gasteiger charge is 2.13. The van der Waals surface area contributed by atoms with E-state index in [0.29, 0.717) is 25.0 Å². The second-order valence-corrected chi connectivity index (χ2v) is 5.80. The first-order valence-corrected chi connectivity index (χ1v) is 8.34. The van der Waals surface area contributed by atoms with Crippen LogP contribution in [0.3, 0.4) is 0 Å². The average molecular weight is 300 g/mol. The molecule has 0 radical (unpaired) electrons. The van der Waals surface area contributed by atoms with Gasteiger partial charge in [-0.25, -0.2) is 0 Å². The van der Waals surface area contributed by atoms with Crippen molar-refractivity contribution in [2.24, 2.45) is 11.8 Å². The molecular formula is C17H32O4. The molecule has 0 saturated heterocycles. The summed E-state index contributed by atoms with van der Waals surface area (Å²) in [4.78, 5) is 23.1. The number of hydrogen-bond acceptors (Lipinski definition) is 4. The Morgan fingerprint density at radius 2 is 1.48 bits per heavy atom. The Kier molecular flexibility index (Phi) is 12.0. The Morgan fingerprint density at radius 1 is 0.905 bits per heavy atom. The third kappa shape index (κ3) is 11.3. The van der Waals surface area contributed by atoms with E-state index in [-0.39, 0.29) is 24.8 Å². The predicted octanol–water partition coefficient (Wildman–Crippen LogP) is 4.12. The van der Waals surface area contributed by atoms with Crippen molar-refractivity contribution in [3.05, 3.63) is 0 Å². The number of hydrogen-bond donors (Lipinski definition) is 0. The van der Waals surface area contributed by atoms with E-state index in [9.17, 15) is 9.59 Å². The van der Waals surface area contributed by atoms with Crippen LogP contribution in [0, 0.1) is 11.8 Å². The van der Waals surface area contributed by atoms with Crippen LogP contribution >= 0.6 is 0 Å². The molecule has 0 aromatic heterocycles. The first kappa shape index (κ1) is 19.9. The molecule has 124 valence electrons. The number of carbonyl (C=O) groups excluding carboxylic acids is 2. The van der Waals surface area contributed by atoms with Crippen LogP contribution in [0.25, 0.3) is 0 Å². The molecular weight excluding hydrogens is 268 g/mol. The summed E-state index contributed by atoms with van der Waals surface area (Å²) in [5.41, 5.74) is 0. The van der Waals surface area contributed by atoms with E-state index in [1.54, 1.807) is 0 Å². The van der Waals surface area contributed by atoms with Crippen LogP contribution < -0.4 is 0 Å². The molecule has 4 heteroatoms. The number of rotatable bonds is 12. The lowest BCUT2D eigenvalue weighted by Gasteiger charge is -2.14. The van der Waals surface area contributed by atoms with Crippen molar-refractivity contribution < 1.29 is 19.1 Å². The molecule has 0 fully saturated rings. The van der Waals surface area contributed by atoms with E-state index < -0.39 is 0 Å². The molecule has 4 nitrogen and oxygen atoms in total. The summed E-state index contributed by atoms with van der Waals surface area (Å²) in [7, 11) is 0. The van der Waals surface area contributed by atoms with E-state index in [4.69, 9.17) is 9.47 Å². The number of ether oxygens (including phenoxy) is 2. The van der Waals surface area contributed by atoms with E-state index in [1.807, 2.05) is 6.92 Å². The fourth-order valence-electron chi connectivity index (χ4n) is 1.81. The first-order chi connectivity index (χ1) is 10.0. The second-order valence-electron chi connectivity index (χ2n) is 5.80. The summed E-state index contributed by atoms with van der Waals surface area (Å²) in [6, 6.07) is 0. The average Bonchev–Trinajstić information content (AvgIpc) is 2.50. The molecule has 0 spiro atoms. The van der Waals surface area contributed by atoms with Crippen LogP contribution in [0.1, 0.15) is 72.6 Å². The van der Waals surface area contributed by atoms with Crippen molar-refractivity contribution in [3.63, 3.8) is 0 Å². The van der Waals surface area contributed by atoms with Gasteiger partial charge in [-0.3, -0.25) is 9.59 Å². The Hall–Kier alpha value is -1.06. The molecule has 0 aliphatic heterocycles. The minimum atomic E-state index is -0.315. The zero-order valence-corrected chi connectivity index (χ0v) is 14.2. The first-order valence-electron chi connectivity index (χ1n) is 8.34. The van der Waals surface area contributed by atoms with Gasteiger partial charge in [-0.15, -0.1) is 0 Å². The fourth-order valence-corrected chi connectivity index (χ4v) is 1.81. The number of unbranched alkanes of at least 4 members (excludes halogenated alkanes) is 1. The van der Waals surface area contributed by atoms with Gasteiger partial charge in [0.05, 0.1) is 26.1 Å². The highest BCUT2D eigenvalue weighted by Crippen LogP contribution is 2.13. The SMILES string of the molecule is CCCCC(CC)COC(=O)CCC(=O)OCC(C)CC. The molecule has 2 unspecified atom stereocenters. The molecule has 2 atom stereocenters. The maximum atomic E-state index is 11.6. The van der Waals surface area contributed by atoms with Crippen LogP contribution in [0.4, 0.5) is 0 Å². The van der Waals surface area contributed by atoms with Gasteiger partial charge in [-0.1, -0.05) is 53.4 Å². The molecule has 21 heavy (non-hydrogen) atoms. The minimum Gasteiger partial charge on any atom is -0.465 e. The van der Waals surface area contributed by atoms with Gasteiger partial charge in [0, 0.05) is 0 Å². The maximum absolute atomic E-state index is 11.6. The molecule has 0 amide bonds. The van der Waals surface area contributed by atoms with Crippen LogP contribution in [0.5, 0.6) is 0 Å². The van der Waals surface area contributed by atoms with Gasteiger partial charge in [0.15, 0.2) is 0 Å². The van der Waals surface area contributed by atoms with Crippen LogP contribution in [0.15, 0.2) is 0 Å². The van der Waals surface area contributed by atoms with Gasteiger partial charge < -0.3 is 9.47 Å². The van der Waals surface area contributed by atoms with Crippen LogP contribution in [-0.2, 0) is 19.1 Å². The quantitative estimate of drug-likeness (QED) is 0.509. The molecule has 0 aromatic rings. The van der Waals surface area contributed by atoms with Crippen molar-refractivity contribution in [3.8, 4) is 0 Å². The lowest BCUT2D eigenvalue weighted by atomic mass is 10.0. The monoisotopic (exact) mass is 300 g/mol. The number of esters is 2. The zero-order chi connectivity index (χ0) is 16.1. The molecule has 0 saturated carbocycles. The second kappa shape index (κ2) is 12.7. The normalized spacial score (nSPS) is 13.5. The van der Waals surface area contributed by atoms with E-state index in [0.717, 1.165) is 32.1 Å². The fraction of sp³-hybridized carbons (Fsp3) is 0.882. The summed E-state index contributed by atoms with van der Waals surface area (Å²) in [5, 5.41) is 0.